The molecule has 11 rings (SSSR count). The van der Waals surface area contributed by atoms with Crippen LogP contribution in [0.3, 0.4) is 0 Å². The molecule has 0 N–H and O–H groups in total. The summed E-state index contributed by atoms with van der Waals surface area (Å²) in [5.41, 5.74) is 9.02. The number of nitrogens with zero attached hydrogens (tertiary/aromatic N) is 3. The largest absolute Gasteiger partial charge is 0.454 e. The Morgan fingerprint density at radius 2 is 1.29 bits per heavy atom. The molecule has 1 aliphatic rings. The van der Waals surface area contributed by atoms with E-state index in [2.05, 4.69) is 102 Å². The summed E-state index contributed by atoms with van der Waals surface area (Å²) in [5.74, 6) is 0.499. The van der Waals surface area contributed by atoms with Gasteiger partial charge in [-0.05, 0) is 44.7 Å². The molecule has 10 aromatic rings. The van der Waals surface area contributed by atoms with Gasteiger partial charge in [-0.25, -0.2) is 9.97 Å². The van der Waals surface area contributed by atoms with Gasteiger partial charge in [-0.15, -0.1) is 0 Å². The highest BCUT2D eigenvalue weighted by Gasteiger charge is 2.42. The Labute approximate surface area is 297 Å². The maximum atomic E-state index is 8.95. The molecule has 8 aromatic carbocycles. The molecular weight excluding hydrogens is 621 g/mol. The summed E-state index contributed by atoms with van der Waals surface area (Å²) < 4.78 is 24.2. The second-order valence-electron chi connectivity index (χ2n) is 13.1. The molecule has 51 heavy (non-hydrogen) atoms. The monoisotopic (exact) mass is 651 g/mol. The predicted molar refractivity (Wildman–Crippen MR) is 213 cm³/mol. The Hall–Kier alpha value is -6.72. The molecule has 0 saturated heterocycles. The van der Waals surface area contributed by atoms with Crippen LogP contribution in [0.2, 0.25) is 0 Å². The number of rotatable bonds is 3. The van der Waals surface area contributed by atoms with Crippen LogP contribution in [-0.2, 0) is 0 Å². The van der Waals surface area contributed by atoms with Gasteiger partial charge < -0.3 is 9.23 Å². The summed E-state index contributed by atoms with van der Waals surface area (Å²) in [6.07, 6.45) is 0. The maximum Gasteiger partial charge on any atom is 0.332 e. The molecule has 0 aliphatic carbocycles. The zero-order valence-electron chi connectivity index (χ0n) is 29.3. The zero-order valence-corrected chi connectivity index (χ0v) is 27.3. The van der Waals surface area contributed by atoms with Crippen LogP contribution in [0, 0.1) is 0 Å². The van der Waals surface area contributed by atoms with Gasteiger partial charge in [0.2, 0.25) is 5.95 Å². The minimum atomic E-state index is -0.332. The predicted octanol–water partition coefficient (Wildman–Crippen LogP) is 10.4. The summed E-state index contributed by atoms with van der Waals surface area (Å²) in [6, 6.07) is 54.2. The molecule has 0 spiro atoms. The van der Waals surface area contributed by atoms with Gasteiger partial charge >= 0.3 is 6.85 Å². The Morgan fingerprint density at radius 1 is 0.569 bits per heavy atom. The first-order chi connectivity index (χ1) is 26.1. The Bertz CT molecular complexity index is 3130. The average Bonchev–Trinajstić information content (AvgIpc) is 3.60. The minimum absolute atomic E-state index is 0.244. The number of para-hydroxylation sites is 2. The Morgan fingerprint density at radius 3 is 2.16 bits per heavy atom. The normalized spacial score (nSPS) is 13.2. The van der Waals surface area contributed by atoms with Crippen LogP contribution in [0.1, 0.15) is 2.74 Å². The topological polar surface area (TPSA) is 42.2 Å². The van der Waals surface area contributed by atoms with Gasteiger partial charge in [0.25, 0.3) is 0 Å². The number of hydrogen-bond donors (Lipinski definition) is 0. The number of furan rings is 1. The van der Waals surface area contributed by atoms with Crippen molar-refractivity contribution in [3.8, 4) is 22.4 Å². The highest BCUT2D eigenvalue weighted by Crippen LogP contribution is 2.52. The molecule has 0 saturated carbocycles. The van der Waals surface area contributed by atoms with E-state index in [4.69, 9.17) is 17.1 Å². The van der Waals surface area contributed by atoms with Crippen LogP contribution in [0.5, 0.6) is 0 Å². The summed E-state index contributed by atoms with van der Waals surface area (Å²) >= 11 is 0. The van der Waals surface area contributed by atoms with Crippen LogP contribution in [-0.4, -0.2) is 16.8 Å². The molecule has 2 aromatic heterocycles. The van der Waals surface area contributed by atoms with E-state index in [0.717, 1.165) is 71.2 Å². The smallest absolute Gasteiger partial charge is 0.332 e. The van der Waals surface area contributed by atoms with Crippen LogP contribution < -0.4 is 15.7 Å². The molecule has 236 valence electrons. The molecule has 0 bridgehead atoms. The molecular formula is C46H28BN3O. The Balaban J connectivity index is 1.36. The van der Waals surface area contributed by atoms with Crippen molar-refractivity contribution in [3.63, 3.8) is 0 Å². The zero-order chi connectivity index (χ0) is 35.2. The molecule has 0 radical (unpaired) electrons. The van der Waals surface area contributed by atoms with Crippen molar-refractivity contribution in [2.45, 2.75) is 0 Å². The first-order valence-electron chi connectivity index (χ1n) is 18.2. The van der Waals surface area contributed by atoms with Gasteiger partial charge in [-0.3, -0.25) is 0 Å². The van der Waals surface area contributed by atoms with Crippen molar-refractivity contribution in [2.75, 3.05) is 4.81 Å². The van der Waals surface area contributed by atoms with Gasteiger partial charge in [-0.2, -0.15) is 0 Å². The molecule has 4 nitrogen and oxygen atoms in total. The maximum absolute atomic E-state index is 8.95. The van der Waals surface area contributed by atoms with E-state index in [1.807, 2.05) is 48.5 Å². The third-order valence-electron chi connectivity index (χ3n) is 10.4. The average molecular weight is 652 g/mol. The van der Waals surface area contributed by atoms with E-state index in [0.29, 0.717) is 17.2 Å². The molecule has 1 aliphatic heterocycles. The lowest BCUT2D eigenvalue weighted by Gasteiger charge is -2.38. The van der Waals surface area contributed by atoms with Crippen molar-refractivity contribution >= 4 is 83.8 Å². The summed E-state index contributed by atoms with van der Waals surface area (Å²) in [5, 5.41) is 7.52. The number of aromatic nitrogens is 2. The van der Waals surface area contributed by atoms with Gasteiger partial charge in [0, 0.05) is 27.3 Å². The summed E-state index contributed by atoms with van der Waals surface area (Å²) in [7, 11) is 0. The van der Waals surface area contributed by atoms with E-state index in [-0.39, 0.29) is 18.9 Å². The number of anilines is 2. The lowest BCUT2D eigenvalue weighted by molar-refractivity contribution is 0.669. The third-order valence-corrected chi connectivity index (χ3v) is 10.4. The molecule has 0 fully saturated rings. The lowest BCUT2D eigenvalue weighted by atomic mass is 9.45. The molecule has 5 heteroatoms. The second-order valence-corrected chi connectivity index (χ2v) is 13.1. The van der Waals surface area contributed by atoms with Gasteiger partial charge in [0.15, 0.2) is 5.58 Å². The van der Waals surface area contributed by atoms with Gasteiger partial charge in [0.05, 0.1) is 19.6 Å². The molecule has 3 heterocycles. The van der Waals surface area contributed by atoms with E-state index < -0.39 is 0 Å². The fraction of sp³-hybridized carbons (Fsp3) is 0. The number of benzene rings is 8. The minimum Gasteiger partial charge on any atom is -0.454 e. The molecule has 0 atom stereocenters. The first kappa shape index (κ1) is 26.2. The van der Waals surface area contributed by atoms with Crippen LogP contribution in [0.15, 0.2) is 174 Å². The van der Waals surface area contributed by atoms with Crippen LogP contribution in [0.4, 0.5) is 11.6 Å². The van der Waals surface area contributed by atoms with E-state index in [1.54, 1.807) is 12.1 Å². The van der Waals surface area contributed by atoms with Gasteiger partial charge in [-0.1, -0.05) is 163 Å². The first-order valence-corrected chi connectivity index (χ1v) is 17.2. The quantitative estimate of drug-likeness (QED) is 0.178. The highest BCUT2D eigenvalue weighted by atomic mass is 16.3. The van der Waals surface area contributed by atoms with E-state index in [9.17, 15) is 0 Å². The van der Waals surface area contributed by atoms with E-state index in [1.165, 1.54) is 10.9 Å². The van der Waals surface area contributed by atoms with Crippen molar-refractivity contribution in [1.29, 1.82) is 0 Å². The fourth-order valence-electron chi connectivity index (χ4n) is 8.24. The van der Waals surface area contributed by atoms with E-state index >= 15 is 0 Å². The van der Waals surface area contributed by atoms with Crippen molar-refractivity contribution in [3.05, 3.63) is 170 Å². The summed E-state index contributed by atoms with van der Waals surface area (Å²) in [4.78, 5) is 13.1. The number of hydrogen-bond acceptors (Lipinski definition) is 4. The highest BCUT2D eigenvalue weighted by molar-refractivity contribution is 6.91. The lowest BCUT2D eigenvalue weighted by Crippen LogP contribution is -2.58. The SMILES string of the molecule is [2H]c1ccc(-c2nc(N3B(c4ccccc4)c4ccc5ccccc5c4-c4c3c3oc5ccccc5c3c3ccccc43)nc3ccccc23)c([2H])c1. The van der Waals surface area contributed by atoms with Crippen molar-refractivity contribution in [1.82, 2.24) is 9.97 Å². The standard InChI is InChI=1S/C46H28BN3O/c1-3-16-30(17-4-1)43-35-23-11-13-25-38(35)48-46(49-43)50-44-42(34-22-10-9-21-33(34)40-36-24-12-14-26-39(36)51-45(40)44)41-32-20-8-7-15-29(32)27-28-37(41)47(50)31-18-5-2-6-19-31/h1-28H/i1D,16D. The molecule has 0 unspecified atom stereocenters. The van der Waals surface area contributed by atoms with Crippen molar-refractivity contribution in [2.24, 2.45) is 0 Å². The van der Waals surface area contributed by atoms with Crippen molar-refractivity contribution < 1.29 is 7.16 Å². The van der Waals surface area contributed by atoms with Crippen LogP contribution in [0.25, 0.3) is 76.8 Å². The van der Waals surface area contributed by atoms with Crippen LogP contribution >= 0.6 is 0 Å². The second kappa shape index (κ2) is 10.9. The third kappa shape index (κ3) is 4.09. The Kier molecular flexibility index (Phi) is 5.59. The van der Waals surface area contributed by atoms with Gasteiger partial charge in [0.1, 0.15) is 5.58 Å². The number of fused-ring (bicyclic) bond motifs is 13. The fourth-order valence-corrected chi connectivity index (χ4v) is 8.24. The summed E-state index contributed by atoms with van der Waals surface area (Å²) in [6.45, 7) is -0.332. The molecule has 0 amide bonds.